The van der Waals surface area contributed by atoms with Gasteiger partial charge in [-0.15, -0.1) is 0 Å². The molecule has 0 spiro atoms. The number of furan rings is 1. The summed E-state index contributed by atoms with van der Waals surface area (Å²) < 4.78 is 45.1. The standard InChI is InChI=1S/C27H29N3O6S2/c1-18-6-8-21(9-7-18)38(32,33)29-14-12-19(13-15-29)26(31)30(17-20-5-4-16-36-20)27-28-24-22(34-2)10-11-23(35-3)25(24)37-27/h4-11,16,19H,12-15,17H2,1-3H3. The first-order valence-corrected chi connectivity index (χ1v) is 14.5. The van der Waals surface area contributed by atoms with Crippen LogP contribution in [-0.4, -0.2) is 50.9 Å². The first-order valence-electron chi connectivity index (χ1n) is 12.2. The molecular weight excluding hydrogens is 526 g/mol. The molecule has 38 heavy (non-hydrogen) atoms. The summed E-state index contributed by atoms with van der Waals surface area (Å²) in [6.45, 7) is 2.66. The summed E-state index contributed by atoms with van der Waals surface area (Å²) in [6.07, 6.45) is 2.39. The molecule has 11 heteroatoms. The normalized spacial score (nSPS) is 15.0. The second kappa shape index (κ2) is 10.8. The number of aromatic nitrogens is 1. The Kier molecular flexibility index (Phi) is 7.42. The molecule has 0 bridgehead atoms. The van der Waals surface area contributed by atoms with Crippen LogP contribution < -0.4 is 14.4 Å². The largest absolute Gasteiger partial charge is 0.495 e. The zero-order chi connectivity index (χ0) is 26.9. The molecule has 0 unspecified atom stereocenters. The maximum atomic E-state index is 13.9. The van der Waals surface area contributed by atoms with Crippen LogP contribution in [0.4, 0.5) is 5.13 Å². The number of carbonyl (C=O) groups is 1. The summed E-state index contributed by atoms with van der Waals surface area (Å²) in [6, 6.07) is 14.0. The first-order chi connectivity index (χ1) is 18.3. The number of hydrogen-bond acceptors (Lipinski definition) is 8. The molecule has 0 N–H and O–H groups in total. The van der Waals surface area contributed by atoms with Crippen molar-refractivity contribution in [3.8, 4) is 11.5 Å². The van der Waals surface area contributed by atoms with Gasteiger partial charge in [-0.25, -0.2) is 13.4 Å². The Labute approximate surface area is 225 Å². The third kappa shape index (κ3) is 5.01. The molecule has 0 aliphatic carbocycles. The van der Waals surface area contributed by atoms with Gasteiger partial charge in [0.25, 0.3) is 0 Å². The number of hydrogen-bond donors (Lipinski definition) is 0. The molecule has 1 fully saturated rings. The number of anilines is 1. The summed E-state index contributed by atoms with van der Waals surface area (Å²) in [5.41, 5.74) is 1.61. The number of nitrogens with zero attached hydrogens (tertiary/aromatic N) is 3. The van der Waals surface area contributed by atoms with E-state index in [1.54, 1.807) is 61.8 Å². The van der Waals surface area contributed by atoms with E-state index in [1.807, 2.05) is 19.1 Å². The smallest absolute Gasteiger partial charge is 0.243 e. The lowest BCUT2D eigenvalue weighted by molar-refractivity contribution is -0.123. The average Bonchev–Trinajstić information content (AvgIpc) is 3.61. The van der Waals surface area contributed by atoms with Crippen LogP contribution in [0.5, 0.6) is 11.5 Å². The number of sulfonamides is 1. The molecule has 1 aliphatic rings. The Morgan fingerprint density at radius 3 is 2.39 bits per heavy atom. The Bertz CT molecular complexity index is 1480. The van der Waals surface area contributed by atoms with Crippen LogP contribution in [0.25, 0.3) is 10.2 Å². The van der Waals surface area contributed by atoms with E-state index in [0.29, 0.717) is 40.7 Å². The van der Waals surface area contributed by atoms with Gasteiger partial charge in [0.1, 0.15) is 27.5 Å². The minimum Gasteiger partial charge on any atom is -0.495 e. The van der Waals surface area contributed by atoms with Crippen LogP contribution in [0.1, 0.15) is 24.2 Å². The molecule has 1 amide bonds. The van der Waals surface area contributed by atoms with Gasteiger partial charge in [-0.2, -0.15) is 4.31 Å². The summed E-state index contributed by atoms with van der Waals surface area (Å²) in [7, 11) is -0.457. The average molecular weight is 556 g/mol. The predicted octanol–water partition coefficient (Wildman–Crippen LogP) is 4.85. The molecule has 2 aromatic heterocycles. The molecule has 0 atom stereocenters. The van der Waals surface area contributed by atoms with E-state index < -0.39 is 10.0 Å². The predicted molar refractivity (Wildman–Crippen MR) is 145 cm³/mol. The molecule has 1 aliphatic heterocycles. The lowest BCUT2D eigenvalue weighted by Crippen LogP contribution is -2.44. The van der Waals surface area contributed by atoms with Gasteiger partial charge in [-0.05, 0) is 56.2 Å². The fourth-order valence-corrected chi connectivity index (χ4v) is 7.16. The third-order valence-electron chi connectivity index (χ3n) is 6.75. The van der Waals surface area contributed by atoms with Crippen molar-refractivity contribution >= 4 is 42.6 Å². The molecule has 5 rings (SSSR count). The Morgan fingerprint density at radius 1 is 1.08 bits per heavy atom. The molecule has 0 radical (unpaired) electrons. The van der Waals surface area contributed by atoms with Gasteiger partial charge < -0.3 is 13.9 Å². The molecule has 0 saturated carbocycles. The van der Waals surface area contributed by atoms with E-state index in [9.17, 15) is 13.2 Å². The number of piperidine rings is 1. The number of amides is 1. The Balaban J connectivity index is 1.40. The third-order valence-corrected chi connectivity index (χ3v) is 9.76. The van der Waals surface area contributed by atoms with Crippen LogP contribution in [0.15, 0.2) is 64.1 Å². The van der Waals surface area contributed by atoms with E-state index in [1.165, 1.54) is 15.6 Å². The number of methoxy groups -OCH3 is 2. The molecule has 2 aromatic carbocycles. The second-order valence-electron chi connectivity index (χ2n) is 9.14. The van der Waals surface area contributed by atoms with Crippen molar-refractivity contribution in [2.75, 3.05) is 32.2 Å². The summed E-state index contributed by atoms with van der Waals surface area (Å²) >= 11 is 1.34. The highest BCUT2D eigenvalue weighted by atomic mass is 32.2. The minimum absolute atomic E-state index is 0.120. The fraction of sp³-hybridized carbons (Fsp3) is 0.333. The van der Waals surface area contributed by atoms with Gasteiger partial charge in [0.05, 0.1) is 31.9 Å². The molecule has 1 saturated heterocycles. The quantitative estimate of drug-likeness (QED) is 0.306. The lowest BCUT2D eigenvalue weighted by Gasteiger charge is -2.32. The van der Waals surface area contributed by atoms with E-state index >= 15 is 0 Å². The molecule has 4 aromatic rings. The maximum absolute atomic E-state index is 13.9. The molecule has 3 heterocycles. The number of thiazole rings is 1. The highest BCUT2D eigenvalue weighted by Gasteiger charge is 2.35. The Morgan fingerprint density at radius 2 is 1.76 bits per heavy atom. The van der Waals surface area contributed by atoms with E-state index in [-0.39, 0.29) is 36.4 Å². The van der Waals surface area contributed by atoms with Crippen LogP contribution in [-0.2, 0) is 21.4 Å². The topological polar surface area (TPSA) is 102 Å². The van der Waals surface area contributed by atoms with Gasteiger partial charge in [0, 0.05) is 19.0 Å². The van der Waals surface area contributed by atoms with Crippen LogP contribution in [0.2, 0.25) is 0 Å². The zero-order valence-electron chi connectivity index (χ0n) is 21.4. The molecule has 9 nitrogen and oxygen atoms in total. The van der Waals surface area contributed by atoms with Crippen molar-refractivity contribution in [3.05, 3.63) is 66.1 Å². The van der Waals surface area contributed by atoms with Crippen LogP contribution in [0, 0.1) is 12.8 Å². The second-order valence-corrected chi connectivity index (χ2v) is 12.1. The summed E-state index contributed by atoms with van der Waals surface area (Å²) in [5.74, 6) is 1.37. The molecular formula is C27H29N3O6S2. The fourth-order valence-electron chi connectivity index (χ4n) is 4.61. The van der Waals surface area contributed by atoms with Crippen LogP contribution >= 0.6 is 11.3 Å². The van der Waals surface area contributed by atoms with Gasteiger partial charge in [0.15, 0.2) is 5.13 Å². The summed E-state index contributed by atoms with van der Waals surface area (Å²) in [4.78, 5) is 20.5. The number of benzene rings is 2. The number of fused-ring (bicyclic) bond motifs is 1. The van der Waals surface area contributed by atoms with Crippen molar-refractivity contribution in [3.63, 3.8) is 0 Å². The van der Waals surface area contributed by atoms with Crippen molar-refractivity contribution in [2.45, 2.75) is 31.2 Å². The highest BCUT2D eigenvalue weighted by Crippen LogP contribution is 2.41. The number of ether oxygens (including phenoxy) is 2. The van der Waals surface area contributed by atoms with E-state index in [4.69, 9.17) is 18.9 Å². The number of rotatable bonds is 8. The number of aryl methyl sites for hydroxylation is 1. The van der Waals surface area contributed by atoms with Gasteiger partial charge in [-0.3, -0.25) is 9.69 Å². The minimum atomic E-state index is -3.62. The van der Waals surface area contributed by atoms with Crippen molar-refractivity contribution in [1.82, 2.24) is 9.29 Å². The van der Waals surface area contributed by atoms with Gasteiger partial charge in [0.2, 0.25) is 15.9 Å². The van der Waals surface area contributed by atoms with Crippen molar-refractivity contribution in [2.24, 2.45) is 5.92 Å². The monoisotopic (exact) mass is 555 g/mol. The number of carbonyl (C=O) groups excluding carboxylic acids is 1. The SMILES string of the molecule is COc1ccc(OC)c2sc(N(Cc3ccco3)C(=O)C3CCN(S(=O)(=O)c4ccc(C)cc4)CC3)nc12. The summed E-state index contributed by atoms with van der Waals surface area (Å²) in [5, 5.41) is 0.499. The van der Waals surface area contributed by atoms with Gasteiger partial charge >= 0.3 is 0 Å². The highest BCUT2D eigenvalue weighted by molar-refractivity contribution is 7.89. The van der Waals surface area contributed by atoms with Crippen molar-refractivity contribution in [1.29, 1.82) is 0 Å². The first kappa shape index (κ1) is 26.2. The lowest BCUT2D eigenvalue weighted by atomic mass is 9.96. The van der Waals surface area contributed by atoms with E-state index in [2.05, 4.69) is 0 Å². The van der Waals surface area contributed by atoms with Crippen molar-refractivity contribution < 1.29 is 27.1 Å². The molecule has 200 valence electrons. The maximum Gasteiger partial charge on any atom is 0.243 e. The van der Waals surface area contributed by atoms with E-state index in [0.717, 1.165) is 10.3 Å². The Hall–Kier alpha value is -3.41. The van der Waals surface area contributed by atoms with Crippen LogP contribution in [0.3, 0.4) is 0 Å². The zero-order valence-corrected chi connectivity index (χ0v) is 23.0. The van der Waals surface area contributed by atoms with Gasteiger partial charge in [-0.1, -0.05) is 29.0 Å².